The first-order valence-corrected chi connectivity index (χ1v) is 11.7. The van der Waals surface area contributed by atoms with Crippen molar-refractivity contribution in [3.05, 3.63) is 62.6 Å². The van der Waals surface area contributed by atoms with E-state index in [2.05, 4.69) is 5.32 Å². The summed E-state index contributed by atoms with van der Waals surface area (Å²) in [6.07, 6.45) is 8.35. The van der Waals surface area contributed by atoms with Gasteiger partial charge in [0.15, 0.2) is 0 Å². The van der Waals surface area contributed by atoms with E-state index in [4.69, 9.17) is 39.5 Å². The van der Waals surface area contributed by atoms with Gasteiger partial charge in [-0.2, -0.15) is 0 Å². The lowest BCUT2D eigenvalue weighted by atomic mass is 9.53. The number of halogens is 3. The molecule has 2 aromatic carbocycles. The molecular formula is C24H26Cl3NO. The third-order valence-corrected chi connectivity index (χ3v) is 7.93. The predicted molar refractivity (Wildman–Crippen MR) is 120 cm³/mol. The molecule has 0 aromatic heterocycles. The molecule has 0 saturated heterocycles. The molecule has 0 spiro atoms. The fraction of sp³-hybridized carbons (Fsp3) is 0.500. The lowest BCUT2D eigenvalue weighted by molar-refractivity contribution is -0.0206. The van der Waals surface area contributed by atoms with Gasteiger partial charge in [-0.3, -0.25) is 0 Å². The maximum atomic E-state index is 6.31. The van der Waals surface area contributed by atoms with Crippen LogP contribution in [0.25, 0.3) is 0 Å². The highest BCUT2D eigenvalue weighted by Crippen LogP contribution is 2.55. The molecule has 2 aromatic rings. The second-order valence-corrected chi connectivity index (χ2v) is 10.6. The zero-order valence-corrected chi connectivity index (χ0v) is 18.7. The van der Waals surface area contributed by atoms with E-state index in [1.165, 1.54) is 38.5 Å². The zero-order chi connectivity index (χ0) is 20.0. The van der Waals surface area contributed by atoms with Gasteiger partial charge in [0.05, 0.1) is 0 Å². The van der Waals surface area contributed by atoms with Crippen molar-refractivity contribution in [2.24, 2.45) is 17.8 Å². The second kappa shape index (κ2) is 7.96. The smallest absolute Gasteiger partial charge is 0.124 e. The van der Waals surface area contributed by atoms with Crippen molar-refractivity contribution in [2.75, 3.05) is 0 Å². The molecule has 4 aliphatic carbocycles. The molecule has 0 amide bonds. The molecule has 0 heterocycles. The summed E-state index contributed by atoms with van der Waals surface area (Å²) in [5, 5.41) is 5.94. The average molecular weight is 451 g/mol. The lowest BCUT2D eigenvalue weighted by Crippen LogP contribution is -2.58. The summed E-state index contributed by atoms with van der Waals surface area (Å²) in [4.78, 5) is 0. The van der Waals surface area contributed by atoms with E-state index in [1.807, 2.05) is 30.3 Å². The number of rotatable bonds is 6. The van der Waals surface area contributed by atoms with Gasteiger partial charge in [0.1, 0.15) is 12.4 Å². The van der Waals surface area contributed by atoms with Gasteiger partial charge in [-0.15, -0.1) is 0 Å². The van der Waals surface area contributed by atoms with Gasteiger partial charge in [-0.05, 0) is 86.6 Å². The Bertz CT molecular complexity index is 878. The topological polar surface area (TPSA) is 21.3 Å². The van der Waals surface area contributed by atoms with Crippen molar-refractivity contribution >= 4 is 34.8 Å². The first-order valence-electron chi connectivity index (χ1n) is 10.6. The normalized spacial score (nSPS) is 30.0. The number of hydrogen-bond donors (Lipinski definition) is 1. The first-order chi connectivity index (χ1) is 14.0. The highest BCUT2D eigenvalue weighted by molar-refractivity contribution is 6.35. The quantitative estimate of drug-likeness (QED) is 0.499. The van der Waals surface area contributed by atoms with Crippen LogP contribution in [0.5, 0.6) is 5.75 Å². The Labute approximate surface area is 187 Å². The molecule has 0 unspecified atom stereocenters. The number of nitrogens with one attached hydrogen (secondary N) is 1. The van der Waals surface area contributed by atoms with E-state index in [-0.39, 0.29) is 0 Å². The predicted octanol–water partition coefficient (Wildman–Crippen LogP) is 7.28. The highest BCUT2D eigenvalue weighted by atomic mass is 35.5. The fourth-order valence-electron chi connectivity index (χ4n) is 6.23. The number of ether oxygens (including phenoxy) is 1. The third kappa shape index (κ3) is 4.28. The molecular weight excluding hydrogens is 425 g/mol. The minimum Gasteiger partial charge on any atom is -0.489 e. The Morgan fingerprint density at radius 3 is 2.10 bits per heavy atom. The van der Waals surface area contributed by atoms with E-state index < -0.39 is 0 Å². The molecule has 4 saturated carbocycles. The van der Waals surface area contributed by atoms with Gasteiger partial charge in [-0.25, -0.2) is 0 Å². The Kier molecular flexibility index (Phi) is 5.49. The van der Waals surface area contributed by atoms with Crippen LogP contribution in [0.3, 0.4) is 0 Å². The van der Waals surface area contributed by atoms with Gasteiger partial charge in [-0.1, -0.05) is 40.9 Å². The standard InChI is InChI=1S/C24H26Cl3NO/c25-20-3-4-23(29-14-18-1-2-21(26)9-22(18)27)19(8-20)13-28-24-10-15-5-16(11-24)7-17(6-15)12-24/h1-4,8-9,15-17,28H,5-7,10-14H2. The molecule has 4 bridgehead atoms. The fourth-order valence-corrected chi connectivity index (χ4v) is 6.89. The minimum absolute atomic E-state index is 0.313. The molecule has 0 radical (unpaired) electrons. The van der Waals surface area contributed by atoms with E-state index in [9.17, 15) is 0 Å². The van der Waals surface area contributed by atoms with Crippen molar-refractivity contribution < 1.29 is 4.74 Å². The second-order valence-electron chi connectivity index (χ2n) is 9.33. The summed E-state index contributed by atoms with van der Waals surface area (Å²) in [5.74, 6) is 3.64. The highest BCUT2D eigenvalue weighted by Gasteiger charge is 2.50. The number of benzene rings is 2. The molecule has 4 aliphatic rings. The van der Waals surface area contributed by atoms with Crippen molar-refractivity contribution in [2.45, 2.75) is 57.2 Å². The van der Waals surface area contributed by atoms with Gasteiger partial charge < -0.3 is 10.1 Å². The van der Waals surface area contributed by atoms with E-state index >= 15 is 0 Å². The monoisotopic (exact) mass is 449 g/mol. The minimum atomic E-state index is 0.313. The van der Waals surface area contributed by atoms with E-state index in [0.717, 1.165) is 46.2 Å². The van der Waals surface area contributed by atoms with Crippen LogP contribution in [0.1, 0.15) is 49.7 Å². The number of hydrogen-bond acceptors (Lipinski definition) is 2. The molecule has 5 heteroatoms. The molecule has 29 heavy (non-hydrogen) atoms. The van der Waals surface area contributed by atoms with Gasteiger partial charge in [0.25, 0.3) is 0 Å². The van der Waals surface area contributed by atoms with Gasteiger partial charge in [0.2, 0.25) is 0 Å². The maximum absolute atomic E-state index is 6.31. The van der Waals surface area contributed by atoms with Crippen molar-refractivity contribution in [3.63, 3.8) is 0 Å². The molecule has 1 N–H and O–H groups in total. The van der Waals surface area contributed by atoms with Crippen molar-refractivity contribution in [1.29, 1.82) is 0 Å². The molecule has 0 aliphatic heterocycles. The van der Waals surface area contributed by atoms with Crippen LogP contribution in [-0.4, -0.2) is 5.54 Å². The van der Waals surface area contributed by atoms with Crippen LogP contribution < -0.4 is 10.1 Å². The summed E-state index contributed by atoms with van der Waals surface area (Å²) in [6, 6.07) is 11.4. The molecule has 0 atom stereocenters. The summed E-state index contributed by atoms with van der Waals surface area (Å²) >= 11 is 18.6. The molecule has 2 nitrogen and oxygen atoms in total. The van der Waals surface area contributed by atoms with Crippen LogP contribution in [0.15, 0.2) is 36.4 Å². The van der Waals surface area contributed by atoms with Crippen LogP contribution in [-0.2, 0) is 13.2 Å². The van der Waals surface area contributed by atoms with Crippen LogP contribution >= 0.6 is 34.8 Å². The Morgan fingerprint density at radius 1 is 0.828 bits per heavy atom. The first kappa shape index (κ1) is 20.0. The maximum Gasteiger partial charge on any atom is 0.124 e. The Morgan fingerprint density at radius 2 is 1.45 bits per heavy atom. The molecule has 4 fully saturated rings. The van der Waals surface area contributed by atoms with E-state index in [0.29, 0.717) is 22.2 Å². The van der Waals surface area contributed by atoms with Crippen LogP contribution in [0, 0.1) is 17.8 Å². The summed E-state index contributed by atoms with van der Waals surface area (Å²) in [7, 11) is 0. The largest absolute Gasteiger partial charge is 0.489 e. The third-order valence-electron chi connectivity index (χ3n) is 7.11. The van der Waals surface area contributed by atoms with Crippen LogP contribution in [0.2, 0.25) is 15.1 Å². The van der Waals surface area contributed by atoms with Crippen molar-refractivity contribution in [3.8, 4) is 5.75 Å². The zero-order valence-electron chi connectivity index (χ0n) is 16.4. The van der Waals surface area contributed by atoms with Crippen LogP contribution in [0.4, 0.5) is 0 Å². The molecule has 154 valence electrons. The Hall–Kier alpha value is -0.930. The average Bonchev–Trinajstić information content (AvgIpc) is 2.66. The lowest BCUT2D eigenvalue weighted by Gasteiger charge is -2.57. The van der Waals surface area contributed by atoms with Gasteiger partial charge >= 0.3 is 0 Å². The summed E-state index contributed by atoms with van der Waals surface area (Å²) in [6.45, 7) is 1.19. The summed E-state index contributed by atoms with van der Waals surface area (Å²) in [5.41, 5.74) is 2.35. The van der Waals surface area contributed by atoms with Crippen molar-refractivity contribution in [1.82, 2.24) is 5.32 Å². The summed E-state index contributed by atoms with van der Waals surface area (Å²) < 4.78 is 6.14. The van der Waals surface area contributed by atoms with E-state index in [1.54, 1.807) is 6.07 Å². The molecule has 6 rings (SSSR count). The SMILES string of the molecule is Clc1ccc(COc2ccc(Cl)cc2CNC23CC4CC(CC(C4)C2)C3)c(Cl)c1. The Balaban J connectivity index is 1.29. The van der Waals surface area contributed by atoms with Gasteiger partial charge in [0, 0.05) is 38.3 Å².